The maximum absolute atomic E-state index is 12.7. The second-order valence-electron chi connectivity index (χ2n) is 6.88. The van der Waals surface area contributed by atoms with E-state index in [0.29, 0.717) is 17.2 Å². The lowest BCUT2D eigenvalue weighted by Gasteiger charge is -2.22. The van der Waals surface area contributed by atoms with Gasteiger partial charge in [0.25, 0.3) is 0 Å². The number of amides is 2. The highest BCUT2D eigenvalue weighted by atomic mass is 16.7. The van der Waals surface area contributed by atoms with E-state index in [1.165, 1.54) is 11.8 Å². The summed E-state index contributed by atoms with van der Waals surface area (Å²) >= 11 is 0. The van der Waals surface area contributed by atoms with Crippen LogP contribution >= 0.6 is 0 Å². The number of benzene rings is 2. The van der Waals surface area contributed by atoms with E-state index in [0.717, 1.165) is 16.8 Å². The molecule has 0 saturated heterocycles. The number of anilines is 2. The van der Waals surface area contributed by atoms with Gasteiger partial charge in [-0.2, -0.15) is 0 Å². The highest BCUT2D eigenvalue weighted by Gasteiger charge is 2.21. The van der Waals surface area contributed by atoms with Crippen LogP contribution in [0.15, 0.2) is 36.4 Å². The summed E-state index contributed by atoms with van der Waals surface area (Å²) < 4.78 is 10.7. The van der Waals surface area contributed by atoms with Gasteiger partial charge in [0.1, 0.15) is 6.54 Å². The van der Waals surface area contributed by atoms with Crippen LogP contribution in [-0.2, 0) is 9.59 Å². The Kier molecular flexibility index (Phi) is 5.35. The van der Waals surface area contributed by atoms with E-state index in [2.05, 4.69) is 19.2 Å². The molecule has 3 rings (SSSR count). The molecule has 0 spiro atoms. The second kappa shape index (κ2) is 7.70. The van der Waals surface area contributed by atoms with Crippen molar-refractivity contribution in [2.45, 2.75) is 33.6 Å². The smallest absolute Gasteiger partial charge is 0.244 e. The number of aryl methyl sites for hydroxylation is 1. The normalized spacial score (nSPS) is 12.2. The predicted molar refractivity (Wildman–Crippen MR) is 104 cm³/mol. The molecule has 27 heavy (non-hydrogen) atoms. The molecule has 0 fully saturated rings. The summed E-state index contributed by atoms with van der Waals surface area (Å²) in [6.07, 6.45) is 0. The van der Waals surface area contributed by atoms with Gasteiger partial charge in [0, 0.05) is 24.4 Å². The molecule has 2 aromatic carbocycles. The fraction of sp³-hybridized carbons (Fsp3) is 0.333. The van der Waals surface area contributed by atoms with Gasteiger partial charge in [-0.25, -0.2) is 0 Å². The lowest BCUT2D eigenvalue weighted by Crippen LogP contribution is -2.37. The Morgan fingerprint density at radius 2 is 1.89 bits per heavy atom. The van der Waals surface area contributed by atoms with Gasteiger partial charge in [-0.15, -0.1) is 0 Å². The van der Waals surface area contributed by atoms with E-state index in [4.69, 9.17) is 9.47 Å². The summed E-state index contributed by atoms with van der Waals surface area (Å²) in [7, 11) is 0. The summed E-state index contributed by atoms with van der Waals surface area (Å²) in [5, 5.41) is 2.98. The molecule has 6 heteroatoms. The summed E-state index contributed by atoms with van der Waals surface area (Å²) in [5.74, 6) is 1.00. The van der Waals surface area contributed by atoms with Crippen LogP contribution < -0.4 is 19.7 Å². The lowest BCUT2D eigenvalue weighted by atomic mass is 9.98. The highest BCUT2D eigenvalue weighted by Crippen LogP contribution is 2.35. The molecule has 142 valence electrons. The first-order valence-corrected chi connectivity index (χ1v) is 8.94. The highest BCUT2D eigenvalue weighted by molar-refractivity contribution is 6.02. The predicted octanol–water partition coefficient (Wildman–Crippen LogP) is 3.84. The quantitative estimate of drug-likeness (QED) is 0.871. The summed E-state index contributed by atoms with van der Waals surface area (Å²) in [6.45, 7) is 7.64. The van der Waals surface area contributed by atoms with E-state index in [1.807, 2.05) is 25.1 Å². The standard InChI is InChI=1S/C21H24N2O4/c1-13(2)17-7-5-6-14(3)21(17)22-20(25)11-23(15(4)24)16-8-9-18-19(10-16)27-12-26-18/h5-10,13H,11-12H2,1-4H3,(H,22,25). The first-order valence-electron chi connectivity index (χ1n) is 8.94. The molecule has 1 N–H and O–H groups in total. The molecule has 0 aliphatic carbocycles. The molecule has 0 saturated carbocycles. The van der Waals surface area contributed by atoms with Gasteiger partial charge < -0.3 is 19.7 Å². The number of carbonyl (C=O) groups is 2. The number of para-hydroxylation sites is 1. The van der Waals surface area contributed by atoms with E-state index in [-0.39, 0.29) is 31.1 Å². The van der Waals surface area contributed by atoms with Crippen LogP contribution in [-0.4, -0.2) is 25.2 Å². The molecule has 6 nitrogen and oxygen atoms in total. The first kappa shape index (κ1) is 18.8. The van der Waals surface area contributed by atoms with E-state index in [1.54, 1.807) is 18.2 Å². The van der Waals surface area contributed by atoms with Crippen molar-refractivity contribution in [2.75, 3.05) is 23.6 Å². The SMILES string of the molecule is CC(=O)N(CC(=O)Nc1c(C)cccc1C(C)C)c1ccc2c(c1)OCO2. The minimum absolute atomic E-state index is 0.0825. The first-order chi connectivity index (χ1) is 12.9. The van der Waals surface area contributed by atoms with Crippen molar-refractivity contribution >= 4 is 23.2 Å². The van der Waals surface area contributed by atoms with Crippen LogP contribution in [0.5, 0.6) is 11.5 Å². The lowest BCUT2D eigenvalue weighted by molar-refractivity contribution is -0.120. The molecule has 0 atom stereocenters. The zero-order valence-corrected chi connectivity index (χ0v) is 16.0. The monoisotopic (exact) mass is 368 g/mol. The van der Waals surface area contributed by atoms with E-state index < -0.39 is 0 Å². The molecule has 0 radical (unpaired) electrons. The van der Waals surface area contributed by atoms with Gasteiger partial charge in [0.2, 0.25) is 18.6 Å². The molecule has 2 amide bonds. The van der Waals surface area contributed by atoms with Gasteiger partial charge in [0.15, 0.2) is 11.5 Å². The van der Waals surface area contributed by atoms with Crippen molar-refractivity contribution in [1.82, 2.24) is 0 Å². The number of hydrogen-bond acceptors (Lipinski definition) is 4. The summed E-state index contributed by atoms with van der Waals surface area (Å²) in [4.78, 5) is 26.3. The zero-order chi connectivity index (χ0) is 19.6. The Hall–Kier alpha value is -3.02. The average molecular weight is 368 g/mol. The van der Waals surface area contributed by atoms with Crippen LogP contribution in [0.25, 0.3) is 0 Å². The van der Waals surface area contributed by atoms with E-state index in [9.17, 15) is 9.59 Å². The van der Waals surface area contributed by atoms with Gasteiger partial charge in [-0.05, 0) is 36.1 Å². The van der Waals surface area contributed by atoms with Crippen LogP contribution in [0.2, 0.25) is 0 Å². The Bertz CT molecular complexity index is 876. The van der Waals surface area contributed by atoms with Gasteiger partial charge in [0.05, 0.1) is 0 Å². The Morgan fingerprint density at radius 3 is 2.59 bits per heavy atom. The van der Waals surface area contributed by atoms with Crippen molar-refractivity contribution in [3.63, 3.8) is 0 Å². The van der Waals surface area contributed by atoms with Crippen LogP contribution in [0.1, 0.15) is 37.8 Å². The maximum atomic E-state index is 12.7. The number of carbonyl (C=O) groups excluding carboxylic acids is 2. The molecule has 1 heterocycles. The summed E-state index contributed by atoms with van der Waals surface area (Å²) in [5.41, 5.74) is 3.47. The van der Waals surface area contributed by atoms with Crippen LogP contribution in [0.3, 0.4) is 0 Å². The maximum Gasteiger partial charge on any atom is 0.244 e. The Labute approximate surface area is 159 Å². The molecule has 1 aliphatic heterocycles. The van der Waals surface area contributed by atoms with Crippen molar-refractivity contribution in [3.8, 4) is 11.5 Å². The van der Waals surface area contributed by atoms with Gasteiger partial charge in [-0.1, -0.05) is 32.0 Å². The second-order valence-corrected chi connectivity index (χ2v) is 6.88. The number of nitrogens with one attached hydrogen (secondary N) is 1. The molecule has 0 aromatic heterocycles. The third kappa shape index (κ3) is 4.05. The number of nitrogens with zero attached hydrogens (tertiary/aromatic N) is 1. The summed E-state index contributed by atoms with van der Waals surface area (Å²) in [6, 6.07) is 11.1. The fourth-order valence-corrected chi connectivity index (χ4v) is 3.10. The van der Waals surface area contributed by atoms with E-state index >= 15 is 0 Å². The Morgan fingerprint density at radius 1 is 1.15 bits per heavy atom. The third-order valence-electron chi connectivity index (χ3n) is 4.54. The number of rotatable bonds is 5. The largest absolute Gasteiger partial charge is 0.454 e. The van der Waals surface area contributed by atoms with Gasteiger partial charge >= 0.3 is 0 Å². The van der Waals surface area contributed by atoms with Crippen molar-refractivity contribution in [1.29, 1.82) is 0 Å². The molecule has 1 aliphatic rings. The fourth-order valence-electron chi connectivity index (χ4n) is 3.10. The number of fused-ring (bicyclic) bond motifs is 1. The van der Waals surface area contributed by atoms with Crippen molar-refractivity contribution in [3.05, 3.63) is 47.5 Å². The van der Waals surface area contributed by atoms with Crippen LogP contribution in [0, 0.1) is 6.92 Å². The van der Waals surface area contributed by atoms with Crippen LogP contribution in [0.4, 0.5) is 11.4 Å². The molecular weight excluding hydrogens is 344 g/mol. The number of hydrogen-bond donors (Lipinski definition) is 1. The van der Waals surface area contributed by atoms with Gasteiger partial charge in [-0.3, -0.25) is 9.59 Å². The molecular formula is C21H24N2O4. The third-order valence-corrected chi connectivity index (χ3v) is 4.54. The zero-order valence-electron chi connectivity index (χ0n) is 16.0. The minimum Gasteiger partial charge on any atom is -0.454 e. The Balaban J connectivity index is 1.80. The number of ether oxygens (including phenoxy) is 2. The molecule has 0 unspecified atom stereocenters. The van der Waals surface area contributed by atoms with Crippen molar-refractivity contribution in [2.24, 2.45) is 0 Å². The average Bonchev–Trinajstić information content (AvgIpc) is 3.08. The minimum atomic E-state index is -0.251. The van der Waals surface area contributed by atoms with Crippen molar-refractivity contribution < 1.29 is 19.1 Å². The topological polar surface area (TPSA) is 67.9 Å². The molecule has 2 aromatic rings. The molecule has 0 bridgehead atoms.